The second-order valence-electron chi connectivity index (χ2n) is 3.98. The summed E-state index contributed by atoms with van der Waals surface area (Å²) in [5, 5.41) is 15.1. The molecule has 0 saturated heterocycles. The zero-order chi connectivity index (χ0) is 13.7. The highest BCUT2D eigenvalue weighted by atomic mass is 16.5. The van der Waals surface area contributed by atoms with Crippen LogP contribution in [0.15, 0.2) is 35.1 Å². The Balaban J connectivity index is 2.36. The molecule has 0 amide bonds. The SMILES string of the molecule is CCCOc1cccc(-c2cc(C#N)c(=O)[nH]n2)c1. The molecular weight excluding hydrogens is 242 g/mol. The van der Waals surface area contributed by atoms with E-state index in [0.717, 1.165) is 17.7 Å². The van der Waals surface area contributed by atoms with Crippen molar-refractivity contribution in [3.63, 3.8) is 0 Å². The van der Waals surface area contributed by atoms with Gasteiger partial charge in [-0.15, -0.1) is 0 Å². The van der Waals surface area contributed by atoms with Gasteiger partial charge in [0.2, 0.25) is 0 Å². The molecule has 0 unspecified atom stereocenters. The molecule has 0 aliphatic carbocycles. The number of aromatic nitrogens is 2. The first-order valence-electron chi connectivity index (χ1n) is 5.97. The lowest BCUT2D eigenvalue weighted by atomic mass is 10.1. The fourth-order valence-electron chi connectivity index (χ4n) is 1.60. The van der Waals surface area contributed by atoms with Crippen LogP contribution < -0.4 is 10.3 Å². The molecule has 5 heteroatoms. The van der Waals surface area contributed by atoms with Crippen molar-refractivity contribution in [2.24, 2.45) is 0 Å². The maximum Gasteiger partial charge on any atom is 0.282 e. The third-order valence-electron chi connectivity index (χ3n) is 2.53. The zero-order valence-corrected chi connectivity index (χ0v) is 10.5. The molecule has 1 N–H and O–H groups in total. The molecule has 1 aromatic heterocycles. The van der Waals surface area contributed by atoms with Crippen LogP contribution in [0.1, 0.15) is 18.9 Å². The molecule has 19 heavy (non-hydrogen) atoms. The molecule has 96 valence electrons. The lowest BCUT2D eigenvalue weighted by Crippen LogP contribution is -2.12. The van der Waals surface area contributed by atoms with Gasteiger partial charge in [0, 0.05) is 5.56 Å². The molecule has 0 atom stereocenters. The van der Waals surface area contributed by atoms with Crippen LogP contribution in [0.5, 0.6) is 5.75 Å². The van der Waals surface area contributed by atoms with Gasteiger partial charge >= 0.3 is 0 Å². The molecule has 5 nitrogen and oxygen atoms in total. The van der Waals surface area contributed by atoms with E-state index in [1.165, 1.54) is 6.07 Å². The summed E-state index contributed by atoms with van der Waals surface area (Å²) in [7, 11) is 0. The summed E-state index contributed by atoms with van der Waals surface area (Å²) in [5.74, 6) is 0.742. The van der Waals surface area contributed by atoms with E-state index >= 15 is 0 Å². The van der Waals surface area contributed by atoms with Gasteiger partial charge in [-0.3, -0.25) is 4.79 Å². The topological polar surface area (TPSA) is 78.8 Å². The second kappa shape index (κ2) is 5.83. The highest BCUT2D eigenvalue weighted by molar-refractivity contribution is 5.61. The predicted molar refractivity (Wildman–Crippen MR) is 70.8 cm³/mol. The Morgan fingerprint density at radius 3 is 3.00 bits per heavy atom. The summed E-state index contributed by atoms with van der Waals surface area (Å²) in [4.78, 5) is 11.3. The van der Waals surface area contributed by atoms with Crippen molar-refractivity contribution >= 4 is 0 Å². The van der Waals surface area contributed by atoms with E-state index in [1.54, 1.807) is 0 Å². The van der Waals surface area contributed by atoms with Gasteiger partial charge in [0.05, 0.1) is 12.3 Å². The summed E-state index contributed by atoms with van der Waals surface area (Å²) in [6.45, 7) is 2.68. The summed E-state index contributed by atoms with van der Waals surface area (Å²) in [6.07, 6.45) is 0.930. The smallest absolute Gasteiger partial charge is 0.282 e. The molecule has 0 spiro atoms. The number of aromatic amines is 1. The predicted octanol–water partition coefficient (Wildman–Crippen LogP) is 2.10. The van der Waals surface area contributed by atoms with Crippen LogP contribution in [-0.4, -0.2) is 16.8 Å². The van der Waals surface area contributed by atoms with E-state index in [9.17, 15) is 4.79 Å². The Kier molecular flexibility index (Phi) is 3.94. The Hall–Kier alpha value is -2.61. The van der Waals surface area contributed by atoms with Gasteiger partial charge in [0.15, 0.2) is 0 Å². The normalized spacial score (nSPS) is 9.89. The number of hydrogen-bond donors (Lipinski definition) is 1. The Bertz CT molecular complexity index is 671. The fraction of sp³-hybridized carbons (Fsp3) is 0.214. The maximum absolute atomic E-state index is 11.3. The highest BCUT2D eigenvalue weighted by Crippen LogP contribution is 2.21. The number of nitrogens with one attached hydrogen (secondary N) is 1. The summed E-state index contributed by atoms with van der Waals surface area (Å²) < 4.78 is 5.53. The standard InChI is InChI=1S/C14H13N3O2/c1-2-6-19-12-5-3-4-10(7-12)13-8-11(9-15)14(18)17-16-13/h3-5,7-8H,2,6H2,1H3,(H,17,18). The number of H-pyrrole nitrogens is 1. The van der Waals surface area contributed by atoms with Crippen molar-refractivity contribution in [2.45, 2.75) is 13.3 Å². The minimum absolute atomic E-state index is 0.0462. The Morgan fingerprint density at radius 1 is 1.42 bits per heavy atom. The van der Waals surface area contributed by atoms with Gasteiger partial charge in [-0.1, -0.05) is 19.1 Å². The zero-order valence-electron chi connectivity index (χ0n) is 10.5. The molecule has 0 fully saturated rings. The van der Waals surface area contributed by atoms with E-state index in [4.69, 9.17) is 10.00 Å². The van der Waals surface area contributed by atoms with Crippen molar-refractivity contribution in [2.75, 3.05) is 6.61 Å². The van der Waals surface area contributed by atoms with E-state index in [0.29, 0.717) is 12.3 Å². The van der Waals surface area contributed by atoms with E-state index in [-0.39, 0.29) is 5.56 Å². The minimum Gasteiger partial charge on any atom is -0.494 e. The molecule has 0 bridgehead atoms. The number of nitrogens with zero attached hydrogens (tertiary/aromatic N) is 2. The fourth-order valence-corrected chi connectivity index (χ4v) is 1.60. The van der Waals surface area contributed by atoms with Crippen molar-refractivity contribution in [1.82, 2.24) is 10.2 Å². The first kappa shape index (κ1) is 12.8. The first-order chi connectivity index (χ1) is 9.24. The van der Waals surface area contributed by atoms with Crippen molar-refractivity contribution in [1.29, 1.82) is 5.26 Å². The van der Waals surface area contributed by atoms with E-state index < -0.39 is 5.56 Å². The van der Waals surface area contributed by atoms with Gasteiger partial charge in [-0.2, -0.15) is 10.4 Å². The first-order valence-corrected chi connectivity index (χ1v) is 5.97. The van der Waals surface area contributed by atoms with Gasteiger partial charge < -0.3 is 4.74 Å². The molecule has 0 aliphatic heterocycles. The largest absolute Gasteiger partial charge is 0.494 e. The van der Waals surface area contributed by atoms with Crippen LogP contribution in [0.2, 0.25) is 0 Å². The summed E-state index contributed by atoms with van der Waals surface area (Å²) in [5.41, 5.74) is 0.897. The Morgan fingerprint density at radius 2 is 2.26 bits per heavy atom. The number of ether oxygens (including phenoxy) is 1. The van der Waals surface area contributed by atoms with E-state index in [2.05, 4.69) is 10.2 Å². The van der Waals surface area contributed by atoms with E-state index in [1.807, 2.05) is 37.3 Å². The average molecular weight is 255 g/mol. The molecule has 0 saturated carbocycles. The number of hydrogen-bond acceptors (Lipinski definition) is 4. The maximum atomic E-state index is 11.3. The van der Waals surface area contributed by atoms with Crippen molar-refractivity contribution in [3.8, 4) is 23.1 Å². The van der Waals surface area contributed by atoms with Gasteiger partial charge in [-0.25, -0.2) is 5.10 Å². The number of nitriles is 1. The molecule has 1 aromatic carbocycles. The second-order valence-corrected chi connectivity index (χ2v) is 3.98. The average Bonchev–Trinajstić information content (AvgIpc) is 2.46. The van der Waals surface area contributed by atoms with Gasteiger partial charge in [0.25, 0.3) is 5.56 Å². The molecule has 1 heterocycles. The van der Waals surface area contributed by atoms with Crippen molar-refractivity contribution in [3.05, 3.63) is 46.2 Å². The molecular formula is C14H13N3O2. The monoisotopic (exact) mass is 255 g/mol. The van der Waals surface area contributed by atoms with Crippen molar-refractivity contribution < 1.29 is 4.74 Å². The molecule has 0 radical (unpaired) electrons. The van der Waals surface area contributed by atoms with Gasteiger partial charge in [-0.05, 0) is 24.6 Å². The number of benzene rings is 1. The van der Waals surface area contributed by atoms with Crippen LogP contribution in [0.3, 0.4) is 0 Å². The van der Waals surface area contributed by atoms with Gasteiger partial charge in [0.1, 0.15) is 17.4 Å². The van der Waals surface area contributed by atoms with Crippen LogP contribution in [-0.2, 0) is 0 Å². The lowest BCUT2D eigenvalue weighted by Gasteiger charge is -2.06. The quantitative estimate of drug-likeness (QED) is 0.907. The highest BCUT2D eigenvalue weighted by Gasteiger charge is 2.05. The molecule has 2 rings (SSSR count). The van der Waals surface area contributed by atoms with Crippen LogP contribution >= 0.6 is 0 Å². The minimum atomic E-state index is -0.482. The third-order valence-corrected chi connectivity index (χ3v) is 2.53. The number of rotatable bonds is 4. The Labute approximate surface area is 110 Å². The molecule has 0 aliphatic rings. The third kappa shape index (κ3) is 2.99. The molecule has 2 aromatic rings. The van der Waals surface area contributed by atoms with Crippen LogP contribution in [0.4, 0.5) is 0 Å². The summed E-state index contributed by atoms with van der Waals surface area (Å²) in [6, 6.07) is 10.7. The van der Waals surface area contributed by atoms with Crippen LogP contribution in [0, 0.1) is 11.3 Å². The summed E-state index contributed by atoms with van der Waals surface area (Å²) >= 11 is 0. The lowest BCUT2D eigenvalue weighted by molar-refractivity contribution is 0.317. The van der Waals surface area contributed by atoms with Crippen LogP contribution in [0.25, 0.3) is 11.3 Å².